The van der Waals surface area contributed by atoms with Crippen LogP contribution in [-0.4, -0.2) is 0 Å². The molecule has 3 heteroatoms. The Hall–Kier alpha value is 0.799. The van der Waals surface area contributed by atoms with E-state index < -0.39 is 0 Å². The van der Waals surface area contributed by atoms with Crippen molar-refractivity contribution in [3.8, 4) is 0 Å². The maximum atomic E-state index is 4.82. The van der Waals surface area contributed by atoms with Crippen molar-refractivity contribution in [3.63, 3.8) is 0 Å². The number of hydrogen-bond donors (Lipinski definition) is 0. The molecule has 2 aromatic rings. The van der Waals surface area contributed by atoms with Gasteiger partial charge in [0.15, 0.2) is 0 Å². The number of rotatable bonds is 0. The first kappa shape index (κ1) is 23.8. The SMILES string of the molecule is Cc1c(C)c(C)[c-](C)c1C.Cc1c(C)c(C)[c-](C)c1C.[Cl][Yb][Cl]. The van der Waals surface area contributed by atoms with Gasteiger partial charge >= 0.3 is 48.2 Å². The van der Waals surface area contributed by atoms with Crippen molar-refractivity contribution in [1.82, 2.24) is 0 Å². The van der Waals surface area contributed by atoms with Crippen LogP contribution in [0, 0.1) is 108 Å². The van der Waals surface area contributed by atoms with Crippen LogP contribution in [0.15, 0.2) is 0 Å². The average molecular weight is 514 g/mol. The van der Waals surface area contributed by atoms with E-state index in [0.717, 1.165) is 0 Å². The molecule has 0 aliphatic carbocycles. The summed E-state index contributed by atoms with van der Waals surface area (Å²) in [6.07, 6.45) is 0. The summed E-state index contributed by atoms with van der Waals surface area (Å²) in [5.41, 5.74) is 14.7. The Balaban J connectivity index is 0.000000360. The average Bonchev–Trinajstić information content (AvgIpc) is 2.80. The number of halogens is 2. The molecule has 2 aromatic carbocycles. The Morgan fingerprint density at radius 2 is 0.652 bits per heavy atom. The summed E-state index contributed by atoms with van der Waals surface area (Å²) >= 11 is -0.139. The van der Waals surface area contributed by atoms with E-state index >= 15 is 0 Å². The van der Waals surface area contributed by atoms with Gasteiger partial charge in [-0.2, -0.15) is 55.6 Å². The van der Waals surface area contributed by atoms with Crippen LogP contribution in [0.4, 0.5) is 0 Å². The minimum absolute atomic E-state index is 0.139. The Bertz CT molecular complexity index is 429. The van der Waals surface area contributed by atoms with E-state index in [2.05, 4.69) is 69.2 Å². The van der Waals surface area contributed by atoms with Gasteiger partial charge in [-0.15, -0.1) is 0 Å². The fourth-order valence-electron chi connectivity index (χ4n) is 2.81. The van der Waals surface area contributed by atoms with E-state index in [1.54, 1.807) is 0 Å². The third kappa shape index (κ3) is 5.93. The molecular weight excluding hydrogens is 484 g/mol. The molecule has 140 valence electrons. The summed E-state index contributed by atoms with van der Waals surface area (Å²) in [5, 5.41) is 0. The van der Waals surface area contributed by atoms with Crippen LogP contribution in [0.5, 0.6) is 0 Å². The van der Waals surface area contributed by atoms with Crippen LogP contribution < -0.4 is 0 Å². The zero-order valence-electron chi connectivity index (χ0n) is 16.0. The van der Waals surface area contributed by atoms with Gasteiger partial charge in [0.2, 0.25) is 0 Å². The molecule has 0 heterocycles. The van der Waals surface area contributed by atoms with E-state index in [1.165, 1.54) is 55.6 Å². The molecule has 23 heavy (non-hydrogen) atoms. The van der Waals surface area contributed by atoms with Gasteiger partial charge in [-0.3, -0.25) is 0 Å². The van der Waals surface area contributed by atoms with E-state index in [1.807, 2.05) is 0 Å². The molecule has 0 aromatic heterocycles. The van der Waals surface area contributed by atoms with Crippen molar-refractivity contribution in [1.29, 1.82) is 0 Å². The van der Waals surface area contributed by atoms with Gasteiger partial charge in [-0.1, -0.05) is 69.2 Å². The molecule has 0 aliphatic rings. The first-order chi connectivity index (χ1) is 10.5. The van der Waals surface area contributed by atoms with E-state index in [0.29, 0.717) is 0 Å². The van der Waals surface area contributed by atoms with Gasteiger partial charge in [0, 0.05) is 0 Å². The second-order valence-electron chi connectivity index (χ2n) is 6.29. The van der Waals surface area contributed by atoms with Gasteiger partial charge in [-0.05, 0) is 0 Å². The predicted octanol–water partition coefficient (Wildman–Crippen LogP) is 7.27. The van der Waals surface area contributed by atoms with Crippen LogP contribution in [0.25, 0.3) is 0 Å². The molecular formula is C20H30Cl2Yb-2. The molecule has 2 rings (SSSR count). The second-order valence-corrected chi connectivity index (χ2v) is 8.80. The first-order valence-corrected chi connectivity index (χ1v) is 12.0. The van der Waals surface area contributed by atoms with Gasteiger partial charge in [0.05, 0.1) is 0 Å². The Morgan fingerprint density at radius 3 is 0.696 bits per heavy atom. The Morgan fingerprint density at radius 1 is 0.522 bits per heavy atom. The molecule has 0 radical (unpaired) electrons. The molecule has 0 unspecified atom stereocenters. The quantitative estimate of drug-likeness (QED) is 0.325. The van der Waals surface area contributed by atoms with Crippen LogP contribution in [-0.2, 0) is 0 Å². The molecule has 0 amide bonds. The third-order valence-electron chi connectivity index (χ3n) is 5.62. The topological polar surface area (TPSA) is 0 Å². The molecule has 0 spiro atoms. The van der Waals surface area contributed by atoms with Crippen molar-refractivity contribution < 1.29 is 38.9 Å². The third-order valence-corrected chi connectivity index (χ3v) is 5.62. The summed E-state index contributed by atoms with van der Waals surface area (Å²) < 4.78 is 9.64. The van der Waals surface area contributed by atoms with Crippen molar-refractivity contribution in [3.05, 3.63) is 55.6 Å². The normalized spacial score (nSPS) is 10.1. The monoisotopic (exact) mass is 514 g/mol. The van der Waals surface area contributed by atoms with Crippen LogP contribution >= 0.6 is 9.27 Å². The molecule has 0 atom stereocenters. The van der Waals surface area contributed by atoms with Crippen molar-refractivity contribution in [2.24, 2.45) is 0 Å². The fourth-order valence-corrected chi connectivity index (χ4v) is 2.81. The first-order valence-electron chi connectivity index (χ1n) is 7.70. The van der Waals surface area contributed by atoms with Crippen molar-refractivity contribution in [2.45, 2.75) is 69.2 Å². The van der Waals surface area contributed by atoms with Gasteiger partial charge in [0.1, 0.15) is 0 Å². The zero-order valence-corrected chi connectivity index (χ0v) is 19.2. The van der Waals surface area contributed by atoms with Gasteiger partial charge < -0.3 is 0 Å². The summed E-state index contributed by atoms with van der Waals surface area (Å²) in [4.78, 5) is 0. The van der Waals surface area contributed by atoms with Crippen molar-refractivity contribution in [2.75, 3.05) is 0 Å². The summed E-state index contributed by atoms with van der Waals surface area (Å²) in [7, 11) is 0. The van der Waals surface area contributed by atoms with Gasteiger partial charge in [0.25, 0.3) is 0 Å². The Labute approximate surface area is 171 Å². The molecule has 0 N–H and O–H groups in total. The van der Waals surface area contributed by atoms with Crippen LogP contribution in [0.2, 0.25) is 0 Å². The standard InChI is InChI=1S/2C10H15.2ClH.Yb/c2*1-6-7(2)9(4)10(5)8(6)3;;;/h2*1-5H3;2*1H;/q2*-1;;;+2/p-2. The summed E-state index contributed by atoms with van der Waals surface area (Å²) in [6, 6.07) is 0. The van der Waals surface area contributed by atoms with E-state index in [4.69, 9.17) is 9.27 Å². The molecule has 0 saturated carbocycles. The molecule has 0 fully saturated rings. The summed E-state index contributed by atoms with van der Waals surface area (Å²) in [5.74, 6) is 0. The fraction of sp³-hybridized carbons (Fsp3) is 0.500. The summed E-state index contributed by atoms with van der Waals surface area (Å²) in [6.45, 7) is 22.0. The Kier molecular flexibility index (Phi) is 11.1. The maximum absolute atomic E-state index is 4.82. The molecule has 0 saturated heterocycles. The van der Waals surface area contributed by atoms with E-state index in [9.17, 15) is 0 Å². The molecule has 0 bridgehead atoms. The number of hydrogen-bond acceptors (Lipinski definition) is 0. The predicted molar refractivity (Wildman–Crippen MR) is 103 cm³/mol. The van der Waals surface area contributed by atoms with Crippen LogP contribution in [0.3, 0.4) is 0 Å². The van der Waals surface area contributed by atoms with Crippen LogP contribution in [0.1, 0.15) is 55.6 Å². The van der Waals surface area contributed by atoms with Gasteiger partial charge in [-0.25, -0.2) is 0 Å². The van der Waals surface area contributed by atoms with E-state index in [-0.39, 0.29) is 38.9 Å². The molecule has 0 aliphatic heterocycles. The van der Waals surface area contributed by atoms with Crippen molar-refractivity contribution >= 4 is 9.27 Å². The second kappa shape index (κ2) is 10.7. The minimum atomic E-state index is -0.139. The zero-order chi connectivity index (χ0) is 18.5. The molecule has 0 nitrogen and oxygen atoms in total.